The van der Waals surface area contributed by atoms with E-state index in [0.717, 1.165) is 19.4 Å². The third-order valence-electron chi connectivity index (χ3n) is 2.40. The van der Waals surface area contributed by atoms with Gasteiger partial charge in [-0.05, 0) is 61.0 Å². The molecule has 2 aromatic rings. The number of hydrogen-bond donors (Lipinski definition) is 1. The Balaban J connectivity index is 2.17. The second kappa shape index (κ2) is 5.85. The fraction of sp³-hybridized carbons (Fsp3) is 0.167. The van der Waals surface area contributed by atoms with Gasteiger partial charge in [0.2, 0.25) is 0 Å². The minimum atomic E-state index is -0.515. The third kappa shape index (κ3) is 3.32. The van der Waals surface area contributed by atoms with Gasteiger partial charge in [0.1, 0.15) is 0 Å². The largest absolute Gasteiger partial charge is 0.388 e. The zero-order chi connectivity index (χ0) is 12.4. The summed E-state index contributed by atoms with van der Waals surface area (Å²) >= 11 is 14.4. The molecule has 1 heterocycles. The second-order valence-electron chi connectivity index (χ2n) is 3.59. The van der Waals surface area contributed by atoms with Gasteiger partial charge in [-0.1, -0.05) is 17.7 Å². The molecule has 0 aliphatic carbocycles. The Morgan fingerprint density at radius 1 is 1.24 bits per heavy atom. The Bertz CT molecular complexity index is 527. The maximum Gasteiger partial charge on any atom is 0.0839 e. The molecular formula is C12H9Br2ClOS. The van der Waals surface area contributed by atoms with E-state index in [0.29, 0.717) is 11.4 Å². The molecule has 1 aromatic carbocycles. The van der Waals surface area contributed by atoms with E-state index in [1.165, 1.54) is 0 Å². The number of thiophene rings is 1. The molecule has 0 fully saturated rings. The van der Waals surface area contributed by atoms with E-state index >= 15 is 0 Å². The molecule has 17 heavy (non-hydrogen) atoms. The Morgan fingerprint density at radius 2 is 2.00 bits per heavy atom. The van der Waals surface area contributed by atoms with Crippen molar-refractivity contribution in [1.82, 2.24) is 0 Å². The van der Waals surface area contributed by atoms with Gasteiger partial charge in [0.05, 0.1) is 11.1 Å². The first-order valence-corrected chi connectivity index (χ1v) is 7.77. The molecule has 90 valence electrons. The van der Waals surface area contributed by atoms with E-state index in [4.69, 9.17) is 11.6 Å². The number of rotatable bonds is 3. The van der Waals surface area contributed by atoms with Gasteiger partial charge >= 0.3 is 0 Å². The van der Waals surface area contributed by atoms with Crippen molar-refractivity contribution in [1.29, 1.82) is 0 Å². The Morgan fingerprint density at radius 3 is 2.59 bits per heavy atom. The Hall–Kier alpha value is 0.130. The van der Waals surface area contributed by atoms with Crippen LogP contribution in [0.1, 0.15) is 16.5 Å². The van der Waals surface area contributed by atoms with Crippen LogP contribution in [-0.4, -0.2) is 5.11 Å². The molecule has 0 spiro atoms. The number of halogens is 3. The van der Waals surface area contributed by atoms with Gasteiger partial charge in [-0.25, -0.2) is 0 Å². The van der Waals surface area contributed by atoms with Gasteiger partial charge in [-0.15, -0.1) is 11.3 Å². The van der Waals surface area contributed by atoms with E-state index in [2.05, 4.69) is 31.9 Å². The average Bonchev–Trinajstić information content (AvgIpc) is 2.68. The summed E-state index contributed by atoms with van der Waals surface area (Å²) in [6.07, 6.45) is 0.0882. The highest BCUT2D eigenvalue weighted by Gasteiger charge is 2.12. The SMILES string of the molecule is OC(Cc1sccc1Br)c1ccc(Cl)c(Br)c1. The number of aliphatic hydroxyl groups is 1. The highest BCUT2D eigenvalue weighted by molar-refractivity contribution is 9.10. The summed E-state index contributed by atoms with van der Waals surface area (Å²) in [5.41, 5.74) is 0.863. The van der Waals surface area contributed by atoms with Crippen LogP contribution in [0.2, 0.25) is 5.02 Å². The zero-order valence-corrected chi connectivity index (χ0v) is 13.4. The highest BCUT2D eigenvalue weighted by atomic mass is 79.9. The van der Waals surface area contributed by atoms with E-state index < -0.39 is 6.10 Å². The van der Waals surface area contributed by atoms with Gasteiger partial charge in [0.15, 0.2) is 0 Å². The fourth-order valence-electron chi connectivity index (χ4n) is 1.48. The molecule has 0 saturated carbocycles. The van der Waals surface area contributed by atoms with Gasteiger partial charge in [-0.2, -0.15) is 0 Å². The van der Waals surface area contributed by atoms with Crippen molar-refractivity contribution in [2.75, 3.05) is 0 Å². The fourth-order valence-corrected chi connectivity index (χ4v) is 3.55. The van der Waals surface area contributed by atoms with Crippen LogP contribution in [0.15, 0.2) is 38.6 Å². The van der Waals surface area contributed by atoms with Crippen molar-refractivity contribution in [3.8, 4) is 0 Å². The molecule has 0 bridgehead atoms. The molecule has 1 nitrogen and oxygen atoms in total. The predicted octanol–water partition coefficient (Wildman–Crippen LogP) is 5.20. The average molecular weight is 397 g/mol. The van der Waals surface area contributed by atoms with Crippen molar-refractivity contribution < 1.29 is 5.11 Å². The summed E-state index contributed by atoms with van der Waals surface area (Å²) in [6, 6.07) is 7.48. The van der Waals surface area contributed by atoms with Gasteiger partial charge in [-0.3, -0.25) is 0 Å². The summed E-state index contributed by atoms with van der Waals surface area (Å²) in [7, 11) is 0. The van der Waals surface area contributed by atoms with Crippen LogP contribution < -0.4 is 0 Å². The monoisotopic (exact) mass is 394 g/mol. The smallest absolute Gasteiger partial charge is 0.0839 e. The van der Waals surface area contributed by atoms with Crippen LogP contribution in [0, 0.1) is 0 Å². The minimum absolute atomic E-state index is 0.515. The topological polar surface area (TPSA) is 20.2 Å². The van der Waals surface area contributed by atoms with E-state index in [1.54, 1.807) is 17.4 Å². The lowest BCUT2D eigenvalue weighted by Crippen LogP contribution is -2.00. The zero-order valence-electron chi connectivity index (χ0n) is 8.66. The van der Waals surface area contributed by atoms with Gasteiger partial charge < -0.3 is 5.11 Å². The van der Waals surface area contributed by atoms with Gasteiger partial charge in [0, 0.05) is 20.2 Å². The maximum absolute atomic E-state index is 10.2. The summed E-state index contributed by atoms with van der Waals surface area (Å²) in [6.45, 7) is 0. The molecule has 1 atom stereocenters. The van der Waals surface area contributed by atoms with Crippen LogP contribution >= 0.6 is 54.8 Å². The molecule has 1 aromatic heterocycles. The van der Waals surface area contributed by atoms with Crippen molar-refractivity contribution in [2.45, 2.75) is 12.5 Å². The van der Waals surface area contributed by atoms with Crippen LogP contribution in [0.25, 0.3) is 0 Å². The van der Waals surface area contributed by atoms with E-state index in [1.807, 2.05) is 23.6 Å². The minimum Gasteiger partial charge on any atom is -0.388 e. The maximum atomic E-state index is 10.2. The van der Waals surface area contributed by atoms with Crippen molar-refractivity contribution in [3.63, 3.8) is 0 Å². The van der Waals surface area contributed by atoms with Crippen molar-refractivity contribution in [3.05, 3.63) is 54.1 Å². The van der Waals surface area contributed by atoms with Crippen LogP contribution in [0.3, 0.4) is 0 Å². The lowest BCUT2D eigenvalue weighted by atomic mass is 10.1. The van der Waals surface area contributed by atoms with E-state index in [-0.39, 0.29) is 0 Å². The molecule has 1 N–H and O–H groups in total. The number of benzene rings is 1. The molecule has 0 aliphatic heterocycles. The second-order valence-corrected chi connectivity index (χ2v) is 6.70. The number of aliphatic hydroxyl groups excluding tert-OH is 1. The summed E-state index contributed by atoms with van der Waals surface area (Å²) in [4.78, 5) is 1.14. The molecule has 0 radical (unpaired) electrons. The molecule has 2 rings (SSSR count). The lowest BCUT2D eigenvalue weighted by Gasteiger charge is -2.11. The molecule has 5 heteroatoms. The number of hydrogen-bond acceptors (Lipinski definition) is 2. The Labute approximate surface area is 126 Å². The third-order valence-corrected chi connectivity index (χ3v) is 5.56. The molecular weight excluding hydrogens is 387 g/mol. The highest BCUT2D eigenvalue weighted by Crippen LogP contribution is 2.31. The first-order chi connectivity index (χ1) is 8.08. The van der Waals surface area contributed by atoms with Crippen molar-refractivity contribution in [2.24, 2.45) is 0 Å². The summed E-state index contributed by atoms with van der Waals surface area (Å²) < 4.78 is 1.86. The van der Waals surface area contributed by atoms with Crippen molar-refractivity contribution >= 4 is 54.8 Å². The van der Waals surface area contributed by atoms with Crippen LogP contribution in [-0.2, 0) is 6.42 Å². The first kappa shape index (κ1) is 13.6. The first-order valence-electron chi connectivity index (χ1n) is 4.93. The molecule has 0 amide bonds. The van der Waals surface area contributed by atoms with Crippen LogP contribution in [0.4, 0.5) is 0 Å². The van der Waals surface area contributed by atoms with Crippen LogP contribution in [0.5, 0.6) is 0 Å². The predicted molar refractivity (Wildman–Crippen MR) is 79.8 cm³/mol. The molecule has 1 unspecified atom stereocenters. The summed E-state index contributed by atoms with van der Waals surface area (Å²) in [5, 5.41) is 12.8. The standard InChI is InChI=1S/C12H9Br2ClOS/c13-8-3-4-17-12(8)6-11(16)7-1-2-10(15)9(14)5-7/h1-5,11,16H,6H2. The summed E-state index contributed by atoms with van der Waals surface area (Å²) in [5.74, 6) is 0. The molecule has 0 aliphatic rings. The quantitative estimate of drug-likeness (QED) is 0.756. The Kier molecular flexibility index (Phi) is 4.66. The van der Waals surface area contributed by atoms with E-state index in [9.17, 15) is 5.11 Å². The molecule has 0 saturated heterocycles. The normalized spacial score (nSPS) is 12.7. The lowest BCUT2D eigenvalue weighted by molar-refractivity contribution is 0.179. The van der Waals surface area contributed by atoms with Gasteiger partial charge in [0.25, 0.3) is 0 Å².